The Kier molecular flexibility index (Phi) is 8.45. The van der Waals surface area contributed by atoms with Gasteiger partial charge < -0.3 is 9.47 Å². The van der Waals surface area contributed by atoms with E-state index in [-0.39, 0.29) is 0 Å². The minimum Gasteiger partial charge on any atom is -0.497 e. The Morgan fingerprint density at radius 3 is 1.11 bits per heavy atom. The van der Waals surface area contributed by atoms with E-state index in [0.717, 1.165) is 44.9 Å². The number of nitriles is 2. The molecule has 4 rings (SSSR count). The zero-order valence-corrected chi connectivity index (χ0v) is 21.3. The molecular formula is C32H24N2O2S. The van der Waals surface area contributed by atoms with E-state index in [1.54, 1.807) is 26.0 Å². The molecule has 0 saturated heterocycles. The Labute approximate surface area is 221 Å². The Bertz CT molecular complexity index is 1380. The molecule has 0 heterocycles. The molecule has 0 amide bonds. The Morgan fingerprint density at radius 2 is 0.838 bits per heavy atom. The van der Waals surface area contributed by atoms with Gasteiger partial charge in [-0.1, -0.05) is 48.5 Å². The van der Waals surface area contributed by atoms with Crippen LogP contribution in [0, 0.1) is 22.7 Å². The summed E-state index contributed by atoms with van der Waals surface area (Å²) in [7, 11) is 3.31. The quantitative estimate of drug-likeness (QED) is 0.248. The standard InChI is InChI=1S/C32H24N2O2S/c1-35-29-15-11-27(12-16-29)32(28-13-17-30(36-2)18-14-28)22-37-21-31(25-7-3-23(19-33)4-8-25)26-9-5-24(20-34)6-10-26/h3-18,21-22H,1-2H3. The van der Waals surface area contributed by atoms with E-state index in [9.17, 15) is 10.5 Å². The van der Waals surface area contributed by atoms with Crippen LogP contribution in [0.4, 0.5) is 0 Å². The molecule has 0 aliphatic heterocycles. The van der Waals surface area contributed by atoms with Crippen molar-refractivity contribution in [1.29, 1.82) is 10.5 Å². The number of nitrogens with zero attached hydrogens (tertiary/aromatic N) is 2. The number of thioether (sulfide) groups is 1. The molecule has 0 saturated carbocycles. The van der Waals surface area contributed by atoms with Crippen LogP contribution in [0.1, 0.15) is 33.4 Å². The van der Waals surface area contributed by atoms with Crippen LogP contribution in [0.3, 0.4) is 0 Å². The highest BCUT2D eigenvalue weighted by Gasteiger charge is 2.09. The Morgan fingerprint density at radius 1 is 0.541 bits per heavy atom. The van der Waals surface area contributed by atoms with E-state index < -0.39 is 0 Å². The average Bonchev–Trinajstić information content (AvgIpc) is 2.98. The van der Waals surface area contributed by atoms with Crippen LogP contribution < -0.4 is 9.47 Å². The first-order valence-electron chi connectivity index (χ1n) is 11.5. The van der Waals surface area contributed by atoms with Gasteiger partial charge >= 0.3 is 0 Å². The number of methoxy groups -OCH3 is 2. The third-order valence-corrected chi connectivity index (χ3v) is 6.57. The lowest BCUT2D eigenvalue weighted by Gasteiger charge is -2.11. The van der Waals surface area contributed by atoms with Gasteiger partial charge in [-0.25, -0.2) is 0 Å². The maximum atomic E-state index is 9.20. The van der Waals surface area contributed by atoms with Crippen LogP contribution in [0.2, 0.25) is 0 Å². The van der Waals surface area contributed by atoms with E-state index >= 15 is 0 Å². The third kappa shape index (κ3) is 6.30. The number of benzene rings is 4. The summed E-state index contributed by atoms with van der Waals surface area (Å²) in [6, 6.07) is 35.3. The third-order valence-electron chi connectivity index (χ3n) is 5.82. The zero-order chi connectivity index (χ0) is 26.0. The second-order valence-electron chi connectivity index (χ2n) is 8.03. The van der Waals surface area contributed by atoms with Crippen molar-refractivity contribution < 1.29 is 9.47 Å². The van der Waals surface area contributed by atoms with Gasteiger partial charge in [0, 0.05) is 0 Å². The smallest absolute Gasteiger partial charge is 0.118 e. The molecule has 0 unspecified atom stereocenters. The van der Waals surface area contributed by atoms with Crippen molar-refractivity contribution in [3.63, 3.8) is 0 Å². The summed E-state index contributed by atoms with van der Waals surface area (Å²) in [6.07, 6.45) is 0. The molecule has 0 aliphatic carbocycles. The van der Waals surface area contributed by atoms with Crippen LogP contribution in [0.5, 0.6) is 11.5 Å². The number of rotatable bonds is 8. The topological polar surface area (TPSA) is 66.0 Å². The summed E-state index contributed by atoms with van der Waals surface area (Å²) in [6.45, 7) is 0. The fourth-order valence-electron chi connectivity index (χ4n) is 3.77. The molecule has 37 heavy (non-hydrogen) atoms. The lowest BCUT2D eigenvalue weighted by Crippen LogP contribution is -1.90. The Hall–Kier alpha value is -4.71. The van der Waals surface area contributed by atoms with E-state index in [0.29, 0.717) is 11.1 Å². The van der Waals surface area contributed by atoms with Crippen molar-refractivity contribution in [2.24, 2.45) is 0 Å². The molecule has 0 fully saturated rings. The lowest BCUT2D eigenvalue weighted by atomic mass is 9.98. The van der Waals surface area contributed by atoms with Gasteiger partial charge in [-0.15, -0.1) is 11.8 Å². The fraction of sp³-hybridized carbons (Fsp3) is 0.0625. The molecule has 0 radical (unpaired) electrons. The van der Waals surface area contributed by atoms with Gasteiger partial charge in [0.2, 0.25) is 0 Å². The summed E-state index contributed by atoms with van der Waals surface area (Å²) in [5.41, 5.74) is 7.37. The van der Waals surface area contributed by atoms with Gasteiger partial charge in [0.1, 0.15) is 11.5 Å². The SMILES string of the molecule is COc1ccc(C(=CSC=C(c2ccc(C#N)cc2)c2ccc(C#N)cc2)c2ccc(OC)cc2)cc1. The first-order chi connectivity index (χ1) is 18.1. The van der Waals surface area contributed by atoms with Gasteiger partial charge in [0.25, 0.3) is 0 Å². The molecule has 180 valence electrons. The van der Waals surface area contributed by atoms with Gasteiger partial charge in [-0.05, 0) is 92.7 Å². The predicted octanol–water partition coefficient (Wildman–Crippen LogP) is 7.66. The monoisotopic (exact) mass is 500 g/mol. The Balaban J connectivity index is 1.75. The maximum Gasteiger partial charge on any atom is 0.118 e. The summed E-state index contributed by atoms with van der Waals surface area (Å²) < 4.78 is 10.7. The zero-order valence-electron chi connectivity index (χ0n) is 20.5. The highest BCUT2D eigenvalue weighted by Crippen LogP contribution is 2.32. The van der Waals surface area contributed by atoms with Crippen molar-refractivity contribution in [1.82, 2.24) is 0 Å². The van der Waals surface area contributed by atoms with E-state index in [2.05, 4.69) is 23.0 Å². The van der Waals surface area contributed by atoms with Crippen LogP contribution >= 0.6 is 11.8 Å². The van der Waals surface area contributed by atoms with E-state index in [1.807, 2.05) is 97.1 Å². The predicted molar refractivity (Wildman–Crippen MR) is 150 cm³/mol. The van der Waals surface area contributed by atoms with E-state index in [4.69, 9.17) is 9.47 Å². The number of hydrogen-bond donors (Lipinski definition) is 0. The minimum atomic E-state index is 0.608. The molecule has 0 N–H and O–H groups in total. The molecule has 0 bridgehead atoms. The summed E-state index contributed by atoms with van der Waals surface area (Å²) in [5, 5.41) is 22.6. The van der Waals surface area contributed by atoms with Crippen molar-refractivity contribution in [3.05, 3.63) is 141 Å². The highest BCUT2D eigenvalue weighted by molar-refractivity contribution is 8.05. The molecule has 0 aliphatic rings. The largest absolute Gasteiger partial charge is 0.497 e. The second kappa shape index (κ2) is 12.3. The molecule has 0 atom stereocenters. The van der Waals surface area contributed by atoms with Crippen LogP contribution in [0.25, 0.3) is 11.1 Å². The van der Waals surface area contributed by atoms with Crippen molar-refractivity contribution in [2.75, 3.05) is 14.2 Å². The second-order valence-corrected chi connectivity index (χ2v) is 8.78. The molecule has 4 nitrogen and oxygen atoms in total. The molecule has 4 aromatic rings. The molecule has 0 aromatic heterocycles. The maximum absolute atomic E-state index is 9.20. The highest BCUT2D eigenvalue weighted by atomic mass is 32.2. The van der Waals surface area contributed by atoms with Crippen molar-refractivity contribution in [3.8, 4) is 23.6 Å². The number of ether oxygens (including phenoxy) is 2. The van der Waals surface area contributed by atoms with Crippen molar-refractivity contribution in [2.45, 2.75) is 0 Å². The van der Waals surface area contributed by atoms with Crippen LogP contribution in [0.15, 0.2) is 108 Å². The molecule has 5 heteroatoms. The van der Waals surface area contributed by atoms with Gasteiger partial charge in [0.05, 0.1) is 37.5 Å². The lowest BCUT2D eigenvalue weighted by molar-refractivity contribution is 0.414. The number of hydrogen-bond acceptors (Lipinski definition) is 5. The van der Waals surface area contributed by atoms with Gasteiger partial charge in [0.15, 0.2) is 0 Å². The normalized spacial score (nSPS) is 9.95. The van der Waals surface area contributed by atoms with E-state index in [1.165, 1.54) is 0 Å². The molecular weight excluding hydrogens is 476 g/mol. The molecule has 0 spiro atoms. The first-order valence-corrected chi connectivity index (χ1v) is 12.4. The molecule has 4 aromatic carbocycles. The summed E-state index contributed by atoms with van der Waals surface area (Å²) in [4.78, 5) is 0. The minimum absolute atomic E-state index is 0.608. The first kappa shape index (κ1) is 25.4. The van der Waals surface area contributed by atoms with Gasteiger partial charge in [-0.3, -0.25) is 0 Å². The van der Waals surface area contributed by atoms with Crippen molar-refractivity contribution >= 4 is 22.9 Å². The average molecular weight is 501 g/mol. The van der Waals surface area contributed by atoms with Crippen LogP contribution in [-0.2, 0) is 0 Å². The summed E-state index contributed by atoms with van der Waals surface area (Å²) >= 11 is 1.57. The summed E-state index contributed by atoms with van der Waals surface area (Å²) in [5.74, 6) is 1.60. The van der Waals surface area contributed by atoms with Crippen LogP contribution in [-0.4, -0.2) is 14.2 Å². The van der Waals surface area contributed by atoms with Gasteiger partial charge in [-0.2, -0.15) is 10.5 Å². The fourth-order valence-corrected chi connectivity index (χ4v) is 4.65.